The van der Waals surface area contributed by atoms with Crippen LogP contribution < -0.4 is 10.6 Å². The number of rotatable bonds is 7. The summed E-state index contributed by atoms with van der Waals surface area (Å²) in [5, 5.41) is 6.34. The Balaban J connectivity index is 1.39. The van der Waals surface area contributed by atoms with Gasteiger partial charge in [0.25, 0.3) is 5.91 Å². The maximum atomic E-state index is 12.2. The van der Waals surface area contributed by atoms with Crippen molar-refractivity contribution >= 4 is 5.91 Å². The van der Waals surface area contributed by atoms with Gasteiger partial charge < -0.3 is 15.4 Å². The summed E-state index contributed by atoms with van der Waals surface area (Å²) in [4.78, 5) is 12.2. The van der Waals surface area contributed by atoms with Crippen molar-refractivity contribution < 1.29 is 9.53 Å². The van der Waals surface area contributed by atoms with Gasteiger partial charge in [-0.25, -0.2) is 0 Å². The average Bonchev–Trinajstić information content (AvgIpc) is 2.69. The fourth-order valence-electron chi connectivity index (χ4n) is 3.15. The Morgan fingerprint density at radius 3 is 2.64 bits per heavy atom. The average molecular weight is 338 g/mol. The van der Waals surface area contributed by atoms with E-state index in [9.17, 15) is 4.79 Å². The molecule has 1 amide bonds. The minimum absolute atomic E-state index is 0.0448. The molecule has 1 saturated heterocycles. The molecule has 0 saturated carbocycles. The summed E-state index contributed by atoms with van der Waals surface area (Å²) in [7, 11) is 0. The summed E-state index contributed by atoms with van der Waals surface area (Å²) in [6.07, 6.45) is 2.44. The first-order chi connectivity index (χ1) is 12.3. The summed E-state index contributed by atoms with van der Waals surface area (Å²) in [5.41, 5.74) is 3.16. The molecule has 0 unspecified atom stereocenters. The van der Waals surface area contributed by atoms with Crippen LogP contribution in [0.1, 0.15) is 40.2 Å². The first-order valence-electron chi connectivity index (χ1n) is 9.03. The zero-order valence-electron chi connectivity index (χ0n) is 14.5. The van der Waals surface area contributed by atoms with E-state index in [1.54, 1.807) is 0 Å². The molecule has 4 heteroatoms. The standard InChI is InChI=1S/C21H26N2O2/c24-21(23-13-14-25-16-17-5-2-1-3-6-17)19-10-8-18(9-11-19)20-7-4-12-22-15-20/h1-3,5-6,8-11,20,22H,4,7,12-16H2,(H,23,24)/t20-/m1/s1. The van der Waals surface area contributed by atoms with Crippen LogP contribution in [0.4, 0.5) is 0 Å². The second-order valence-corrected chi connectivity index (χ2v) is 6.46. The molecule has 25 heavy (non-hydrogen) atoms. The summed E-state index contributed by atoms with van der Waals surface area (Å²) in [6, 6.07) is 18.0. The van der Waals surface area contributed by atoms with Crippen LogP contribution in [-0.4, -0.2) is 32.1 Å². The second-order valence-electron chi connectivity index (χ2n) is 6.46. The Labute approximate surface area is 149 Å². The maximum Gasteiger partial charge on any atom is 0.251 e. The molecule has 0 aromatic heterocycles. The highest BCUT2D eigenvalue weighted by atomic mass is 16.5. The number of hydrogen-bond donors (Lipinski definition) is 2. The minimum atomic E-state index is -0.0448. The van der Waals surface area contributed by atoms with E-state index >= 15 is 0 Å². The van der Waals surface area contributed by atoms with Crippen LogP contribution in [0.25, 0.3) is 0 Å². The summed E-state index contributed by atoms with van der Waals surface area (Å²) in [5.74, 6) is 0.522. The molecule has 0 bridgehead atoms. The third-order valence-electron chi connectivity index (χ3n) is 4.58. The maximum absolute atomic E-state index is 12.2. The van der Waals surface area contributed by atoms with Crippen molar-refractivity contribution in [1.82, 2.24) is 10.6 Å². The number of piperidine rings is 1. The quantitative estimate of drug-likeness (QED) is 0.763. The third-order valence-corrected chi connectivity index (χ3v) is 4.58. The summed E-state index contributed by atoms with van der Waals surface area (Å²) >= 11 is 0. The molecule has 132 valence electrons. The number of hydrogen-bond acceptors (Lipinski definition) is 3. The molecule has 2 N–H and O–H groups in total. The lowest BCUT2D eigenvalue weighted by molar-refractivity contribution is 0.0901. The Bertz CT molecular complexity index is 649. The molecule has 1 heterocycles. The van der Waals surface area contributed by atoms with Crippen LogP contribution >= 0.6 is 0 Å². The van der Waals surface area contributed by atoms with Gasteiger partial charge in [-0.3, -0.25) is 4.79 Å². The van der Waals surface area contributed by atoms with Gasteiger partial charge in [-0.2, -0.15) is 0 Å². The predicted octanol–water partition coefficient (Wildman–Crippen LogP) is 3.10. The molecule has 2 aromatic carbocycles. The van der Waals surface area contributed by atoms with E-state index in [2.05, 4.69) is 22.8 Å². The molecule has 1 fully saturated rings. The van der Waals surface area contributed by atoms with Crippen molar-refractivity contribution in [1.29, 1.82) is 0 Å². The number of amides is 1. The van der Waals surface area contributed by atoms with Crippen LogP contribution in [0, 0.1) is 0 Å². The molecule has 2 aromatic rings. The fourth-order valence-corrected chi connectivity index (χ4v) is 3.15. The van der Waals surface area contributed by atoms with Crippen LogP contribution in [-0.2, 0) is 11.3 Å². The Hall–Kier alpha value is -2.17. The van der Waals surface area contributed by atoms with E-state index in [1.807, 2.05) is 42.5 Å². The Kier molecular flexibility index (Phi) is 6.60. The second kappa shape index (κ2) is 9.35. The zero-order chi connectivity index (χ0) is 17.3. The molecule has 0 radical (unpaired) electrons. The zero-order valence-corrected chi connectivity index (χ0v) is 14.5. The van der Waals surface area contributed by atoms with Gasteiger partial charge in [-0.1, -0.05) is 42.5 Å². The van der Waals surface area contributed by atoms with Gasteiger partial charge in [0.05, 0.1) is 13.2 Å². The molecule has 1 aliphatic rings. The molecule has 0 aliphatic carbocycles. The molecule has 1 atom stereocenters. The van der Waals surface area contributed by atoms with Crippen molar-refractivity contribution in [2.75, 3.05) is 26.2 Å². The number of carbonyl (C=O) groups excluding carboxylic acids is 1. The Morgan fingerprint density at radius 2 is 1.92 bits per heavy atom. The lowest BCUT2D eigenvalue weighted by Crippen LogP contribution is -2.29. The predicted molar refractivity (Wildman–Crippen MR) is 99.7 cm³/mol. The van der Waals surface area contributed by atoms with E-state index in [0.717, 1.165) is 18.7 Å². The highest BCUT2D eigenvalue weighted by Gasteiger charge is 2.15. The topological polar surface area (TPSA) is 50.4 Å². The van der Waals surface area contributed by atoms with Gasteiger partial charge in [0, 0.05) is 18.7 Å². The van der Waals surface area contributed by atoms with Gasteiger partial charge in [-0.15, -0.1) is 0 Å². The summed E-state index contributed by atoms with van der Waals surface area (Å²) < 4.78 is 5.58. The number of nitrogens with one attached hydrogen (secondary N) is 2. The van der Waals surface area contributed by atoms with Crippen molar-refractivity contribution in [3.05, 3.63) is 71.3 Å². The number of ether oxygens (including phenoxy) is 1. The van der Waals surface area contributed by atoms with E-state index in [4.69, 9.17) is 4.74 Å². The van der Waals surface area contributed by atoms with Gasteiger partial charge >= 0.3 is 0 Å². The Morgan fingerprint density at radius 1 is 1.12 bits per heavy atom. The number of carbonyl (C=O) groups is 1. The van der Waals surface area contributed by atoms with Gasteiger partial charge in [0.2, 0.25) is 0 Å². The minimum Gasteiger partial charge on any atom is -0.375 e. The van der Waals surface area contributed by atoms with Crippen LogP contribution in [0.15, 0.2) is 54.6 Å². The van der Waals surface area contributed by atoms with Crippen molar-refractivity contribution in [3.63, 3.8) is 0 Å². The first-order valence-corrected chi connectivity index (χ1v) is 9.03. The van der Waals surface area contributed by atoms with E-state index < -0.39 is 0 Å². The molecule has 0 spiro atoms. The molecule has 1 aliphatic heterocycles. The van der Waals surface area contributed by atoms with Crippen LogP contribution in [0.3, 0.4) is 0 Å². The molecular weight excluding hydrogens is 312 g/mol. The highest BCUT2D eigenvalue weighted by molar-refractivity contribution is 5.94. The van der Waals surface area contributed by atoms with Crippen LogP contribution in [0.5, 0.6) is 0 Å². The fraction of sp³-hybridized carbons (Fsp3) is 0.381. The largest absolute Gasteiger partial charge is 0.375 e. The lowest BCUT2D eigenvalue weighted by Gasteiger charge is -2.23. The monoisotopic (exact) mass is 338 g/mol. The lowest BCUT2D eigenvalue weighted by atomic mass is 9.91. The number of benzene rings is 2. The molecular formula is C21H26N2O2. The smallest absolute Gasteiger partial charge is 0.251 e. The molecule has 3 rings (SSSR count). The van der Waals surface area contributed by atoms with Gasteiger partial charge in [0.1, 0.15) is 0 Å². The van der Waals surface area contributed by atoms with Crippen molar-refractivity contribution in [2.45, 2.75) is 25.4 Å². The van der Waals surface area contributed by atoms with Crippen molar-refractivity contribution in [2.24, 2.45) is 0 Å². The SMILES string of the molecule is O=C(NCCOCc1ccccc1)c1ccc([C@@H]2CCCNC2)cc1. The van der Waals surface area contributed by atoms with Crippen molar-refractivity contribution in [3.8, 4) is 0 Å². The normalized spacial score (nSPS) is 17.2. The highest BCUT2D eigenvalue weighted by Crippen LogP contribution is 2.23. The first kappa shape index (κ1) is 17.6. The van der Waals surface area contributed by atoms with Gasteiger partial charge in [-0.05, 0) is 48.6 Å². The van der Waals surface area contributed by atoms with E-state index in [-0.39, 0.29) is 5.91 Å². The summed E-state index contributed by atoms with van der Waals surface area (Å²) in [6.45, 7) is 3.74. The molecule has 4 nitrogen and oxygen atoms in total. The van der Waals surface area contributed by atoms with Crippen LogP contribution in [0.2, 0.25) is 0 Å². The third kappa shape index (κ3) is 5.41. The van der Waals surface area contributed by atoms with E-state index in [0.29, 0.717) is 31.2 Å². The van der Waals surface area contributed by atoms with Gasteiger partial charge in [0.15, 0.2) is 0 Å². The van der Waals surface area contributed by atoms with E-state index in [1.165, 1.54) is 18.4 Å².